The Labute approximate surface area is 607 Å². The Bertz CT molecular complexity index is 4000. The van der Waals surface area contributed by atoms with E-state index in [0.29, 0.717) is 35.5 Å². The fourth-order valence-electron chi connectivity index (χ4n) is 11.1. The molecule has 0 bridgehead atoms. The third-order valence-corrected chi connectivity index (χ3v) is 17.9. The number of aromatic nitrogens is 6. The van der Waals surface area contributed by atoms with Gasteiger partial charge in [0.15, 0.2) is 0 Å². The van der Waals surface area contributed by atoms with E-state index in [2.05, 4.69) is 357 Å². The van der Waals surface area contributed by atoms with Crippen molar-refractivity contribution >= 4 is 5.82 Å². The van der Waals surface area contributed by atoms with Crippen LogP contribution in [0, 0.1) is 27.7 Å². The van der Waals surface area contributed by atoms with Gasteiger partial charge in [0.2, 0.25) is 0 Å². The number of rotatable bonds is 16. The molecule has 0 aliphatic carbocycles. The van der Waals surface area contributed by atoms with Gasteiger partial charge >= 0.3 is 0 Å². The Morgan fingerprint density at radius 3 is 0.663 bits per heavy atom. The molecule has 12 rings (SSSR count). The van der Waals surface area contributed by atoms with Crippen molar-refractivity contribution in [1.29, 1.82) is 0 Å². The molecule has 0 unspecified atom stereocenters. The molecule has 522 valence electrons. The van der Waals surface area contributed by atoms with Crippen molar-refractivity contribution in [2.75, 3.05) is 18.5 Å². The fraction of sp³-hybridized carbons (Fsp3) is 0.298. The number of nitrogens with zero attached hydrogens (tertiary/aromatic N) is 7. The van der Waals surface area contributed by atoms with Crippen LogP contribution in [0.2, 0.25) is 0 Å². The van der Waals surface area contributed by atoms with E-state index in [-0.39, 0.29) is 0 Å². The van der Waals surface area contributed by atoms with Crippen molar-refractivity contribution < 1.29 is 0 Å². The highest BCUT2D eigenvalue weighted by atomic mass is 15.2. The van der Waals surface area contributed by atoms with Crippen LogP contribution >= 0.6 is 0 Å². The first-order valence-electron chi connectivity index (χ1n) is 36.4. The lowest BCUT2D eigenvalue weighted by Gasteiger charge is -2.17. The van der Waals surface area contributed by atoms with Crippen molar-refractivity contribution in [3.8, 4) is 66.8 Å². The summed E-state index contributed by atoms with van der Waals surface area (Å²) in [6, 6.07) is 77.4. The van der Waals surface area contributed by atoms with Crippen molar-refractivity contribution in [2.24, 2.45) is 0 Å². The third-order valence-electron chi connectivity index (χ3n) is 17.9. The number of aryl methyl sites for hydroxylation is 5. The van der Waals surface area contributed by atoms with Crippen LogP contribution in [0.3, 0.4) is 0 Å². The lowest BCUT2D eigenvalue weighted by Crippen LogP contribution is -2.18. The van der Waals surface area contributed by atoms with E-state index in [1.54, 1.807) is 0 Å². The number of hydrogen-bond acceptors (Lipinski definition) is 7. The Morgan fingerprint density at radius 1 is 0.257 bits per heavy atom. The molecule has 0 spiro atoms. The van der Waals surface area contributed by atoms with Gasteiger partial charge in [0, 0.05) is 113 Å². The molecule has 7 nitrogen and oxygen atoms in total. The molecule has 0 saturated carbocycles. The molecule has 0 fully saturated rings. The third kappa shape index (κ3) is 25.0. The number of benzene rings is 6. The fourth-order valence-corrected chi connectivity index (χ4v) is 11.1. The van der Waals surface area contributed by atoms with Gasteiger partial charge in [0.25, 0.3) is 0 Å². The normalized spacial score (nSPS) is 10.8. The SMILES string of the molecule is CCCN(C)c1ccc(-c2cccc(C(C)C)c2)cn1.CCc1ccc(-c2cccc(C(C)C)c2)cn1.Cc1ccc(-c2cccc(C(C)C)c2)cn1.Cc1ccc(-c2cccc(C(C)C)c2)cn1.Cc1ccc(-c2cccc(C(C)C)c2)cn1.Cc1ccc(-c2cccc(C(C)C)c2)cn1. The monoisotopic (exact) mass is 1340 g/mol. The quantitative estimate of drug-likeness (QED) is 0.0953. The standard InChI is InChI=1S/C18H24N2.C16H19N.4C15H17N/c1-5-11-20(4)18-10-9-17(13-19-18)16-8-6-7-15(12-16)14(2)3;1-4-16-9-8-15(11-17-16)14-7-5-6-13(10-14)12(2)3;4*1-11(2)13-5-4-6-14(9-13)15-8-7-12(3)16-10-15/h6-10,12-14H,5,11H2,1-4H3;5-12H,4H2,1-3H3;4*4-11H,1-3H3. The van der Waals surface area contributed by atoms with E-state index >= 15 is 0 Å². The number of pyridine rings is 6. The molecule has 101 heavy (non-hydrogen) atoms. The number of hydrogen-bond donors (Lipinski definition) is 0. The lowest BCUT2D eigenvalue weighted by atomic mass is 9.98. The highest BCUT2D eigenvalue weighted by Crippen LogP contribution is 2.30. The molecular formula is C94H111N7. The summed E-state index contributed by atoms with van der Waals surface area (Å²) in [5.41, 5.74) is 28.3. The van der Waals surface area contributed by atoms with Crippen LogP contribution in [-0.2, 0) is 6.42 Å². The average Bonchev–Trinajstić information content (AvgIpc) is 0.885. The number of anilines is 1. The lowest BCUT2D eigenvalue weighted by molar-refractivity contribution is 0.838. The van der Waals surface area contributed by atoms with Gasteiger partial charge in [-0.05, 0) is 185 Å². The second-order valence-corrected chi connectivity index (χ2v) is 28.2. The van der Waals surface area contributed by atoms with Crippen LogP contribution in [0.1, 0.15) is 201 Å². The predicted octanol–water partition coefficient (Wildman–Crippen LogP) is 25.9. The van der Waals surface area contributed by atoms with Gasteiger partial charge in [-0.2, -0.15) is 0 Å². The molecule has 0 amide bonds. The van der Waals surface area contributed by atoms with Gasteiger partial charge < -0.3 is 4.90 Å². The van der Waals surface area contributed by atoms with E-state index in [9.17, 15) is 0 Å². The van der Waals surface area contributed by atoms with Gasteiger partial charge in [-0.15, -0.1) is 0 Å². The topological polar surface area (TPSA) is 80.6 Å². The molecule has 0 aliphatic rings. The van der Waals surface area contributed by atoms with Crippen molar-refractivity contribution in [3.05, 3.63) is 317 Å². The largest absolute Gasteiger partial charge is 0.360 e. The van der Waals surface area contributed by atoms with Crippen molar-refractivity contribution in [1.82, 2.24) is 29.9 Å². The molecule has 0 radical (unpaired) electrons. The molecular weight excluding hydrogens is 1230 g/mol. The summed E-state index contributed by atoms with van der Waals surface area (Å²) in [5.74, 6) is 4.43. The second-order valence-electron chi connectivity index (χ2n) is 28.2. The maximum Gasteiger partial charge on any atom is 0.128 e. The van der Waals surface area contributed by atoms with Gasteiger partial charge in [-0.3, -0.25) is 24.9 Å². The second kappa shape index (κ2) is 39.7. The van der Waals surface area contributed by atoms with Gasteiger partial charge in [0.1, 0.15) is 5.82 Å². The van der Waals surface area contributed by atoms with Gasteiger partial charge in [-0.25, -0.2) is 4.98 Å². The molecule has 0 saturated heterocycles. The minimum absolute atomic E-state index is 0.554. The van der Waals surface area contributed by atoms with Gasteiger partial charge in [-0.1, -0.05) is 273 Å². The molecule has 6 heterocycles. The zero-order valence-electron chi connectivity index (χ0n) is 64.0. The minimum Gasteiger partial charge on any atom is -0.360 e. The smallest absolute Gasteiger partial charge is 0.128 e. The van der Waals surface area contributed by atoms with Crippen LogP contribution in [0.15, 0.2) is 256 Å². The van der Waals surface area contributed by atoms with E-state index in [4.69, 9.17) is 0 Å². The first-order valence-corrected chi connectivity index (χ1v) is 36.4. The molecule has 0 N–H and O–H groups in total. The molecule has 6 aromatic carbocycles. The molecule has 0 aliphatic heterocycles. The molecule has 7 heteroatoms. The maximum atomic E-state index is 4.57. The molecule has 6 aromatic heterocycles. The highest BCUT2D eigenvalue weighted by molar-refractivity contribution is 5.68. The zero-order valence-corrected chi connectivity index (χ0v) is 64.0. The van der Waals surface area contributed by atoms with Crippen LogP contribution in [0.25, 0.3) is 66.8 Å². The average molecular weight is 1340 g/mol. The summed E-state index contributed by atoms with van der Waals surface area (Å²) >= 11 is 0. The Hall–Kier alpha value is -9.98. The van der Waals surface area contributed by atoms with E-state index in [1.165, 1.54) is 100 Å². The maximum absolute atomic E-state index is 4.57. The van der Waals surface area contributed by atoms with Gasteiger partial charge in [0.05, 0.1) is 0 Å². The molecule has 0 atom stereocenters. The van der Waals surface area contributed by atoms with Crippen LogP contribution in [0.5, 0.6) is 0 Å². The molecule has 12 aromatic rings. The first-order chi connectivity index (χ1) is 48.5. The van der Waals surface area contributed by atoms with Crippen LogP contribution < -0.4 is 4.90 Å². The Balaban J connectivity index is 0.000000170. The summed E-state index contributed by atoms with van der Waals surface area (Å²) in [6.07, 6.45) is 13.8. The predicted molar refractivity (Wildman–Crippen MR) is 434 cm³/mol. The van der Waals surface area contributed by atoms with Crippen molar-refractivity contribution in [2.45, 2.75) is 173 Å². The Morgan fingerprint density at radius 2 is 0.485 bits per heavy atom. The summed E-state index contributed by atoms with van der Waals surface area (Å²) in [5, 5.41) is 0. The van der Waals surface area contributed by atoms with Crippen LogP contribution in [0.4, 0.5) is 5.82 Å². The summed E-state index contributed by atoms with van der Waals surface area (Å²) in [7, 11) is 2.09. The van der Waals surface area contributed by atoms with E-state index in [0.717, 1.165) is 53.7 Å². The van der Waals surface area contributed by atoms with Crippen LogP contribution in [-0.4, -0.2) is 43.5 Å². The van der Waals surface area contributed by atoms with Crippen molar-refractivity contribution in [3.63, 3.8) is 0 Å². The summed E-state index contributed by atoms with van der Waals surface area (Å²) < 4.78 is 0. The van der Waals surface area contributed by atoms with E-state index in [1.807, 2.05) is 64.9 Å². The Kier molecular flexibility index (Phi) is 30.8. The summed E-state index contributed by atoms with van der Waals surface area (Å²) in [6.45, 7) is 40.0. The minimum atomic E-state index is 0.554. The highest BCUT2D eigenvalue weighted by Gasteiger charge is 2.10. The summed E-state index contributed by atoms with van der Waals surface area (Å²) in [4.78, 5) is 28.5. The van der Waals surface area contributed by atoms with E-state index < -0.39 is 0 Å². The first kappa shape index (κ1) is 78.4. The zero-order chi connectivity index (χ0) is 73.0.